The number of benzene rings is 1. The van der Waals surface area contributed by atoms with E-state index in [0.717, 1.165) is 28.7 Å². The van der Waals surface area contributed by atoms with Crippen LogP contribution in [-0.2, 0) is 25.7 Å². The van der Waals surface area contributed by atoms with Crippen LogP contribution >= 0.6 is 23.1 Å². The van der Waals surface area contributed by atoms with Gasteiger partial charge in [-0.3, -0.25) is 34.0 Å². The van der Waals surface area contributed by atoms with Crippen LogP contribution < -0.4 is 15.5 Å². The first kappa shape index (κ1) is 23.9. The average molecular weight is 525 g/mol. The highest BCUT2D eigenvalue weighted by Crippen LogP contribution is 2.51. The van der Waals surface area contributed by atoms with E-state index in [4.69, 9.17) is 4.74 Å². The summed E-state index contributed by atoms with van der Waals surface area (Å²) in [6, 6.07) is 9.77. The Morgan fingerprint density at radius 3 is 2.61 bits per heavy atom. The van der Waals surface area contributed by atoms with Crippen molar-refractivity contribution in [2.75, 3.05) is 11.9 Å². The fourth-order valence-electron chi connectivity index (χ4n) is 4.34. The molecule has 0 bridgehead atoms. The standard InChI is InChI=1S/C24H20N4O6S2/c1-2-34-23(32)12-5-7-14(8-6-12)26-15(29)11-28-22-19(36-24(28)33)16(13-4-3-9-25-10-13)17-18(35-22)21(31)27-20(17)30/h3-10,16-18H,2,11H2,1H3,(H,26,29)(H,27,30,31)/t16-,17?,18?/m0/s1. The zero-order chi connectivity index (χ0) is 25.4. The molecule has 36 heavy (non-hydrogen) atoms. The van der Waals surface area contributed by atoms with E-state index >= 15 is 0 Å². The number of anilines is 1. The fourth-order valence-corrected chi connectivity index (χ4v) is 7.08. The number of imide groups is 1. The van der Waals surface area contributed by atoms with E-state index in [1.807, 2.05) is 6.07 Å². The van der Waals surface area contributed by atoms with Gasteiger partial charge in [0.25, 0.3) is 0 Å². The molecule has 1 aromatic carbocycles. The summed E-state index contributed by atoms with van der Waals surface area (Å²) in [6.45, 7) is 1.70. The van der Waals surface area contributed by atoms with Crippen molar-refractivity contribution >= 4 is 52.5 Å². The maximum atomic E-state index is 13.0. The van der Waals surface area contributed by atoms with Crippen LogP contribution in [0.5, 0.6) is 0 Å². The molecule has 10 nitrogen and oxygen atoms in total. The molecule has 0 spiro atoms. The molecule has 4 heterocycles. The number of esters is 1. The van der Waals surface area contributed by atoms with Crippen LogP contribution in [0.4, 0.5) is 5.69 Å². The van der Waals surface area contributed by atoms with Crippen LogP contribution in [0, 0.1) is 5.92 Å². The Hall–Kier alpha value is -3.77. The van der Waals surface area contributed by atoms with E-state index in [1.165, 1.54) is 16.7 Å². The zero-order valence-corrected chi connectivity index (χ0v) is 20.6. The van der Waals surface area contributed by atoms with E-state index in [-0.39, 0.29) is 23.9 Å². The summed E-state index contributed by atoms with van der Waals surface area (Å²) in [4.78, 5) is 67.2. The fraction of sp³-hybridized carbons (Fsp3) is 0.250. The Balaban J connectivity index is 1.42. The number of thioether (sulfide) groups is 1. The van der Waals surface area contributed by atoms with Crippen LogP contribution in [0.25, 0.3) is 0 Å². The molecular formula is C24H20N4O6S2. The van der Waals surface area contributed by atoms with Crippen molar-refractivity contribution in [3.05, 3.63) is 74.5 Å². The molecule has 184 valence electrons. The van der Waals surface area contributed by atoms with Crippen LogP contribution in [0.2, 0.25) is 0 Å². The van der Waals surface area contributed by atoms with Gasteiger partial charge in [-0.25, -0.2) is 4.79 Å². The number of aromatic nitrogens is 2. The molecule has 2 aliphatic rings. The number of pyridine rings is 1. The van der Waals surface area contributed by atoms with Gasteiger partial charge in [0.1, 0.15) is 11.8 Å². The Labute approximate surface area is 213 Å². The SMILES string of the molecule is CCOC(=O)c1ccc(NC(=O)Cn2c3c(sc2=O)[C@@H](c2cccnc2)C2C(=O)NC(=O)C2S3)cc1. The normalized spacial score (nSPS) is 20.3. The van der Waals surface area contributed by atoms with Gasteiger partial charge >= 0.3 is 10.8 Å². The molecule has 0 aliphatic carbocycles. The summed E-state index contributed by atoms with van der Waals surface area (Å²) in [6.07, 6.45) is 3.23. The third kappa shape index (κ3) is 4.33. The first-order chi connectivity index (χ1) is 17.4. The predicted octanol–water partition coefficient (Wildman–Crippen LogP) is 2.00. The molecule has 0 radical (unpaired) electrons. The van der Waals surface area contributed by atoms with Gasteiger partial charge in [0.2, 0.25) is 17.7 Å². The lowest BCUT2D eigenvalue weighted by Gasteiger charge is -2.30. The van der Waals surface area contributed by atoms with Crippen LogP contribution in [-0.4, -0.2) is 45.1 Å². The third-order valence-corrected chi connectivity index (χ3v) is 8.53. The molecule has 2 aliphatic heterocycles. The van der Waals surface area contributed by atoms with Crippen molar-refractivity contribution in [3.63, 3.8) is 0 Å². The summed E-state index contributed by atoms with van der Waals surface area (Å²) in [5.74, 6) is -2.89. The Bertz CT molecular complexity index is 1420. The van der Waals surface area contributed by atoms with Gasteiger partial charge in [0.05, 0.1) is 23.1 Å². The predicted molar refractivity (Wildman–Crippen MR) is 132 cm³/mol. The van der Waals surface area contributed by atoms with Crippen LogP contribution in [0.1, 0.15) is 33.6 Å². The molecule has 0 saturated carbocycles. The minimum absolute atomic E-state index is 0.258. The van der Waals surface area contributed by atoms with Gasteiger partial charge in [0, 0.05) is 28.9 Å². The summed E-state index contributed by atoms with van der Waals surface area (Å²) < 4.78 is 6.29. The molecule has 1 saturated heterocycles. The van der Waals surface area contributed by atoms with Crippen molar-refractivity contribution in [2.24, 2.45) is 5.92 Å². The molecule has 2 N–H and O–H groups in total. The number of ether oxygens (including phenoxy) is 1. The highest BCUT2D eigenvalue weighted by atomic mass is 32.2. The van der Waals surface area contributed by atoms with Crippen molar-refractivity contribution in [3.8, 4) is 0 Å². The Morgan fingerprint density at radius 1 is 1.14 bits per heavy atom. The molecule has 12 heteroatoms. The number of nitrogens with one attached hydrogen (secondary N) is 2. The maximum absolute atomic E-state index is 13.0. The minimum Gasteiger partial charge on any atom is -0.462 e. The molecule has 3 aromatic rings. The topological polar surface area (TPSA) is 136 Å². The number of amides is 3. The van der Waals surface area contributed by atoms with Crippen LogP contribution in [0.15, 0.2) is 58.6 Å². The second kappa shape index (κ2) is 9.70. The third-order valence-electron chi connectivity index (χ3n) is 5.91. The molecule has 3 atom stereocenters. The molecule has 5 rings (SSSR count). The Kier molecular flexibility index (Phi) is 6.46. The summed E-state index contributed by atoms with van der Waals surface area (Å²) in [5.41, 5.74) is 1.53. The lowest BCUT2D eigenvalue weighted by Crippen LogP contribution is -2.32. The number of hydrogen-bond acceptors (Lipinski definition) is 9. The van der Waals surface area contributed by atoms with Crippen molar-refractivity contribution < 1.29 is 23.9 Å². The van der Waals surface area contributed by atoms with Gasteiger partial charge < -0.3 is 10.1 Å². The first-order valence-electron chi connectivity index (χ1n) is 11.1. The van der Waals surface area contributed by atoms with E-state index in [0.29, 0.717) is 21.2 Å². The lowest BCUT2D eigenvalue weighted by atomic mass is 9.84. The number of hydrogen-bond donors (Lipinski definition) is 2. The van der Waals surface area contributed by atoms with Gasteiger partial charge in [-0.05, 0) is 42.8 Å². The lowest BCUT2D eigenvalue weighted by molar-refractivity contribution is -0.126. The van der Waals surface area contributed by atoms with Gasteiger partial charge in [0.15, 0.2) is 0 Å². The van der Waals surface area contributed by atoms with E-state index < -0.39 is 34.9 Å². The van der Waals surface area contributed by atoms with Crippen LogP contribution in [0.3, 0.4) is 0 Å². The molecule has 3 amide bonds. The van der Waals surface area contributed by atoms with Gasteiger partial charge in [-0.2, -0.15) is 0 Å². The molecule has 2 aromatic heterocycles. The summed E-state index contributed by atoms with van der Waals surface area (Å²) >= 11 is 2.10. The van der Waals surface area contributed by atoms with E-state index in [9.17, 15) is 24.0 Å². The highest BCUT2D eigenvalue weighted by Gasteiger charge is 2.52. The number of thiazole rings is 1. The van der Waals surface area contributed by atoms with E-state index in [2.05, 4.69) is 15.6 Å². The maximum Gasteiger partial charge on any atom is 0.338 e. The quantitative estimate of drug-likeness (QED) is 0.369. The van der Waals surface area contributed by atoms with Gasteiger partial charge in [-0.15, -0.1) is 0 Å². The van der Waals surface area contributed by atoms with Crippen molar-refractivity contribution in [2.45, 2.75) is 29.7 Å². The summed E-state index contributed by atoms with van der Waals surface area (Å²) in [5, 5.41) is 4.90. The molecular weight excluding hydrogens is 504 g/mol. The second-order valence-corrected chi connectivity index (χ2v) is 10.3. The average Bonchev–Trinajstić information content (AvgIpc) is 3.33. The summed E-state index contributed by atoms with van der Waals surface area (Å²) in [7, 11) is 0. The zero-order valence-electron chi connectivity index (χ0n) is 18.9. The van der Waals surface area contributed by atoms with E-state index in [1.54, 1.807) is 37.5 Å². The minimum atomic E-state index is -0.714. The number of nitrogens with zero attached hydrogens (tertiary/aromatic N) is 2. The number of carbonyl (C=O) groups excluding carboxylic acids is 4. The monoisotopic (exact) mass is 524 g/mol. The highest BCUT2D eigenvalue weighted by molar-refractivity contribution is 8.00. The first-order valence-corrected chi connectivity index (χ1v) is 12.8. The number of carbonyl (C=O) groups is 4. The molecule has 2 unspecified atom stereocenters. The van der Waals surface area contributed by atoms with Crippen molar-refractivity contribution in [1.82, 2.24) is 14.9 Å². The number of fused-ring (bicyclic) bond motifs is 2. The molecule has 1 fully saturated rings. The largest absolute Gasteiger partial charge is 0.462 e. The number of rotatable bonds is 6. The second-order valence-electron chi connectivity index (χ2n) is 8.15. The van der Waals surface area contributed by atoms with Crippen molar-refractivity contribution in [1.29, 1.82) is 0 Å². The van der Waals surface area contributed by atoms with Gasteiger partial charge in [-0.1, -0.05) is 29.2 Å². The smallest absolute Gasteiger partial charge is 0.338 e. The Morgan fingerprint density at radius 2 is 1.92 bits per heavy atom.